The fourth-order valence-electron chi connectivity index (χ4n) is 2.72. The average Bonchev–Trinajstić information content (AvgIpc) is 3.16. The predicted octanol–water partition coefficient (Wildman–Crippen LogP) is 4.67. The molecule has 1 saturated carbocycles. The zero-order valence-electron chi connectivity index (χ0n) is 12.2. The average molecular weight is 316 g/mol. The maximum atomic E-state index is 11.8. The lowest BCUT2D eigenvalue weighted by Gasteiger charge is -2.08. The Balaban J connectivity index is 1.63. The molecule has 0 unspecified atom stereocenters. The van der Waals surface area contributed by atoms with Crippen LogP contribution in [0.15, 0.2) is 46.9 Å². The molecule has 114 valence electrons. The van der Waals surface area contributed by atoms with Crippen LogP contribution in [0, 0.1) is 0 Å². The largest absolute Gasteiger partial charge is 0.457 e. The molecular weight excluding hydrogens is 298 g/mol. The van der Waals surface area contributed by atoms with E-state index in [1.165, 1.54) is 18.9 Å². The first-order valence-corrected chi connectivity index (χ1v) is 7.93. The predicted molar refractivity (Wildman–Crippen MR) is 88.6 cm³/mol. The molecule has 1 fully saturated rings. The summed E-state index contributed by atoms with van der Waals surface area (Å²) in [4.78, 5) is 11.8. The van der Waals surface area contributed by atoms with Gasteiger partial charge in [-0.2, -0.15) is 0 Å². The van der Waals surface area contributed by atoms with Gasteiger partial charge >= 0.3 is 0 Å². The number of carbonyl (C=O) groups excluding carboxylic acids is 1. The summed E-state index contributed by atoms with van der Waals surface area (Å²) in [5.41, 5.74) is 0.919. The Morgan fingerprint density at radius 3 is 2.82 bits per heavy atom. The molecule has 3 nitrogen and oxygen atoms in total. The van der Waals surface area contributed by atoms with Gasteiger partial charge in [-0.15, -0.1) is 0 Å². The van der Waals surface area contributed by atoms with E-state index in [0.29, 0.717) is 16.8 Å². The lowest BCUT2D eigenvalue weighted by atomic mass is 10.2. The Hall–Kier alpha value is -2.00. The van der Waals surface area contributed by atoms with E-state index < -0.39 is 0 Å². The van der Waals surface area contributed by atoms with Gasteiger partial charge in [-0.25, -0.2) is 0 Å². The fraction of sp³-hybridized carbons (Fsp3) is 0.278. The van der Waals surface area contributed by atoms with Crippen LogP contribution in [0.4, 0.5) is 0 Å². The third kappa shape index (κ3) is 3.80. The second-order valence-corrected chi connectivity index (χ2v) is 5.97. The van der Waals surface area contributed by atoms with E-state index in [-0.39, 0.29) is 5.91 Å². The molecule has 0 spiro atoms. The first kappa shape index (κ1) is 14.9. The zero-order valence-corrected chi connectivity index (χ0v) is 13.0. The smallest absolute Gasteiger partial charge is 0.244 e. The van der Waals surface area contributed by atoms with Gasteiger partial charge in [0.15, 0.2) is 0 Å². The van der Waals surface area contributed by atoms with E-state index in [1.54, 1.807) is 6.08 Å². The van der Waals surface area contributed by atoms with E-state index in [9.17, 15) is 4.79 Å². The second-order valence-electron chi connectivity index (χ2n) is 5.54. The minimum atomic E-state index is -0.0624. The molecule has 0 bridgehead atoms. The van der Waals surface area contributed by atoms with Crippen molar-refractivity contribution in [2.75, 3.05) is 0 Å². The van der Waals surface area contributed by atoms with E-state index in [0.717, 1.165) is 24.2 Å². The van der Waals surface area contributed by atoms with Crippen LogP contribution in [0.5, 0.6) is 0 Å². The lowest BCUT2D eigenvalue weighted by Crippen LogP contribution is -2.30. The molecule has 3 rings (SSSR count). The molecule has 1 aromatic carbocycles. The van der Waals surface area contributed by atoms with Crippen LogP contribution in [-0.4, -0.2) is 11.9 Å². The zero-order chi connectivity index (χ0) is 15.4. The standard InChI is InChI=1S/C18H18ClNO2/c19-14-5-3-4-13(12-14)17-10-8-16(22-17)9-11-18(21)20-15-6-1-2-7-15/h3-5,8-12,15H,1-2,6-7H2,(H,20,21)/b11-9+. The van der Waals surface area contributed by atoms with Crippen molar-refractivity contribution in [1.29, 1.82) is 0 Å². The Morgan fingerprint density at radius 2 is 2.05 bits per heavy atom. The van der Waals surface area contributed by atoms with Crippen molar-refractivity contribution in [2.24, 2.45) is 0 Å². The van der Waals surface area contributed by atoms with Gasteiger partial charge in [-0.05, 0) is 43.2 Å². The molecule has 0 aliphatic heterocycles. The van der Waals surface area contributed by atoms with Crippen LogP contribution >= 0.6 is 11.6 Å². The highest BCUT2D eigenvalue weighted by Crippen LogP contribution is 2.25. The molecule has 0 radical (unpaired) electrons. The molecule has 1 aromatic heterocycles. The van der Waals surface area contributed by atoms with Gasteiger partial charge in [-0.1, -0.05) is 36.6 Å². The molecule has 2 aromatic rings. The number of amides is 1. The number of furan rings is 1. The van der Waals surface area contributed by atoms with Crippen molar-refractivity contribution in [1.82, 2.24) is 5.32 Å². The number of halogens is 1. The highest BCUT2D eigenvalue weighted by Gasteiger charge is 2.15. The first-order valence-electron chi connectivity index (χ1n) is 7.55. The summed E-state index contributed by atoms with van der Waals surface area (Å²) in [6.45, 7) is 0. The number of hydrogen-bond donors (Lipinski definition) is 1. The van der Waals surface area contributed by atoms with Crippen molar-refractivity contribution in [3.63, 3.8) is 0 Å². The van der Waals surface area contributed by atoms with Gasteiger partial charge in [0.05, 0.1) is 0 Å². The molecular formula is C18H18ClNO2. The number of nitrogens with one attached hydrogen (secondary N) is 1. The number of benzene rings is 1. The van der Waals surface area contributed by atoms with Gasteiger partial charge in [0, 0.05) is 22.7 Å². The maximum Gasteiger partial charge on any atom is 0.244 e. The van der Waals surface area contributed by atoms with Crippen molar-refractivity contribution in [2.45, 2.75) is 31.7 Å². The molecule has 4 heteroatoms. The van der Waals surface area contributed by atoms with Gasteiger partial charge in [-0.3, -0.25) is 4.79 Å². The normalized spacial score (nSPS) is 15.5. The van der Waals surface area contributed by atoms with E-state index in [4.69, 9.17) is 16.0 Å². The number of hydrogen-bond acceptors (Lipinski definition) is 2. The van der Waals surface area contributed by atoms with Gasteiger partial charge in [0.25, 0.3) is 0 Å². The summed E-state index contributed by atoms with van der Waals surface area (Å²) >= 11 is 5.98. The Bertz CT molecular complexity index is 684. The molecule has 0 atom stereocenters. The lowest BCUT2D eigenvalue weighted by molar-refractivity contribution is -0.117. The van der Waals surface area contributed by atoms with Crippen LogP contribution in [0.25, 0.3) is 17.4 Å². The molecule has 1 aliphatic carbocycles. The Labute approximate surface area is 135 Å². The monoisotopic (exact) mass is 315 g/mol. The highest BCUT2D eigenvalue weighted by molar-refractivity contribution is 6.30. The topological polar surface area (TPSA) is 42.2 Å². The van der Waals surface area contributed by atoms with Crippen LogP contribution in [0.1, 0.15) is 31.4 Å². The van der Waals surface area contributed by atoms with Gasteiger partial charge in [0.2, 0.25) is 5.91 Å². The minimum absolute atomic E-state index is 0.0624. The Kier molecular flexibility index (Phi) is 4.64. The molecule has 1 N–H and O–H groups in total. The Morgan fingerprint density at radius 1 is 1.23 bits per heavy atom. The summed E-state index contributed by atoms with van der Waals surface area (Å²) in [5.74, 6) is 1.32. The summed E-state index contributed by atoms with van der Waals surface area (Å²) in [6, 6.07) is 11.5. The second kappa shape index (κ2) is 6.84. The minimum Gasteiger partial charge on any atom is -0.457 e. The van der Waals surface area contributed by atoms with Gasteiger partial charge < -0.3 is 9.73 Å². The quantitative estimate of drug-likeness (QED) is 0.833. The molecule has 0 saturated heterocycles. The van der Waals surface area contributed by atoms with Crippen molar-refractivity contribution in [3.05, 3.63) is 53.3 Å². The SMILES string of the molecule is O=C(/C=C/c1ccc(-c2cccc(Cl)c2)o1)NC1CCCC1. The molecule has 1 aliphatic rings. The van der Waals surface area contributed by atoms with E-state index in [1.807, 2.05) is 36.4 Å². The number of rotatable bonds is 4. The van der Waals surface area contributed by atoms with Crippen molar-refractivity contribution < 1.29 is 9.21 Å². The van der Waals surface area contributed by atoms with Crippen LogP contribution in [0.2, 0.25) is 5.02 Å². The van der Waals surface area contributed by atoms with E-state index in [2.05, 4.69) is 5.32 Å². The van der Waals surface area contributed by atoms with Gasteiger partial charge in [0.1, 0.15) is 11.5 Å². The summed E-state index contributed by atoms with van der Waals surface area (Å²) in [7, 11) is 0. The molecule has 1 amide bonds. The molecule has 22 heavy (non-hydrogen) atoms. The van der Waals surface area contributed by atoms with Crippen LogP contribution < -0.4 is 5.32 Å². The van der Waals surface area contributed by atoms with Crippen LogP contribution in [-0.2, 0) is 4.79 Å². The van der Waals surface area contributed by atoms with Crippen molar-refractivity contribution >= 4 is 23.6 Å². The third-order valence-corrected chi connectivity index (χ3v) is 4.07. The first-order chi connectivity index (χ1) is 10.7. The fourth-order valence-corrected chi connectivity index (χ4v) is 2.91. The van der Waals surface area contributed by atoms with Crippen LogP contribution in [0.3, 0.4) is 0 Å². The maximum absolute atomic E-state index is 11.8. The third-order valence-electron chi connectivity index (χ3n) is 3.84. The summed E-state index contributed by atoms with van der Waals surface area (Å²) in [6.07, 6.45) is 7.79. The molecule has 1 heterocycles. The highest BCUT2D eigenvalue weighted by atomic mass is 35.5. The number of carbonyl (C=O) groups is 1. The summed E-state index contributed by atoms with van der Waals surface area (Å²) < 4.78 is 5.72. The summed E-state index contributed by atoms with van der Waals surface area (Å²) in [5, 5.41) is 3.68. The van der Waals surface area contributed by atoms with Crippen molar-refractivity contribution in [3.8, 4) is 11.3 Å². The van der Waals surface area contributed by atoms with E-state index >= 15 is 0 Å².